The smallest absolute Gasteiger partial charge is 0.262 e. The van der Waals surface area contributed by atoms with Crippen molar-refractivity contribution >= 4 is 28.6 Å². The molecule has 3 aromatic rings. The molecular weight excluding hydrogens is 386 g/mol. The minimum Gasteiger partial charge on any atom is -0.383 e. The van der Waals surface area contributed by atoms with Gasteiger partial charge < -0.3 is 10.1 Å². The Morgan fingerprint density at radius 3 is 2.55 bits per heavy atom. The van der Waals surface area contributed by atoms with Gasteiger partial charge in [-0.2, -0.15) is 0 Å². The highest BCUT2D eigenvalue weighted by molar-refractivity contribution is 8.00. The lowest BCUT2D eigenvalue weighted by atomic mass is 10.2. The lowest BCUT2D eigenvalue weighted by molar-refractivity contribution is -0.120. The Labute approximate surface area is 174 Å². The van der Waals surface area contributed by atoms with Crippen molar-refractivity contribution in [2.45, 2.75) is 36.8 Å². The fourth-order valence-electron chi connectivity index (χ4n) is 3.05. The van der Waals surface area contributed by atoms with E-state index in [1.54, 1.807) is 17.7 Å². The predicted molar refractivity (Wildman–Crippen MR) is 116 cm³/mol. The topological polar surface area (TPSA) is 73.2 Å². The lowest BCUT2D eigenvalue weighted by Gasteiger charge is -2.20. The van der Waals surface area contributed by atoms with Crippen LogP contribution in [-0.2, 0) is 16.1 Å². The van der Waals surface area contributed by atoms with E-state index in [0.29, 0.717) is 29.2 Å². The Kier molecular flexibility index (Phi) is 7.06. The molecule has 2 unspecified atom stereocenters. The number of nitrogens with zero attached hydrogens (tertiary/aromatic N) is 2. The largest absolute Gasteiger partial charge is 0.383 e. The van der Waals surface area contributed by atoms with Crippen LogP contribution < -0.4 is 10.9 Å². The molecule has 0 bridgehead atoms. The molecule has 2 aromatic carbocycles. The van der Waals surface area contributed by atoms with Crippen molar-refractivity contribution in [3.8, 4) is 0 Å². The number of benzene rings is 2. The number of rotatable bonds is 8. The van der Waals surface area contributed by atoms with Crippen molar-refractivity contribution in [3.63, 3.8) is 0 Å². The first kappa shape index (κ1) is 21.1. The highest BCUT2D eigenvalue weighted by Gasteiger charge is 2.21. The van der Waals surface area contributed by atoms with Gasteiger partial charge in [0.2, 0.25) is 5.91 Å². The van der Waals surface area contributed by atoms with Crippen LogP contribution in [0.4, 0.5) is 0 Å². The average Bonchev–Trinajstić information content (AvgIpc) is 2.73. The molecule has 29 heavy (non-hydrogen) atoms. The van der Waals surface area contributed by atoms with Gasteiger partial charge in [0.15, 0.2) is 5.16 Å². The predicted octanol–water partition coefficient (Wildman–Crippen LogP) is 3.40. The van der Waals surface area contributed by atoms with Crippen LogP contribution >= 0.6 is 11.8 Å². The van der Waals surface area contributed by atoms with Crippen LogP contribution in [0.15, 0.2) is 64.5 Å². The van der Waals surface area contributed by atoms with Gasteiger partial charge in [0.05, 0.1) is 28.8 Å². The number of hydrogen-bond acceptors (Lipinski definition) is 5. The van der Waals surface area contributed by atoms with Crippen molar-refractivity contribution in [2.75, 3.05) is 13.7 Å². The van der Waals surface area contributed by atoms with Crippen LogP contribution in [-0.4, -0.2) is 34.4 Å². The second-order valence-electron chi connectivity index (χ2n) is 6.85. The number of aromatic nitrogens is 2. The highest BCUT2D eigenvalue weighted by atomic mass is 32.2. The van der Waals surface area contributed by atoms with Gasteiger partial charge in [-0.15, -0.1) is 0 Å². The van der Waals surface area contributed by atoms with E-state index in [1.807, 2.05) is 62.4 Å². The summed E-state index contributed by atoms with van der Waals surface area (Å²) in [5, 5.41) is 3.61. The summed E-state index contributed by atoms with van der Waals surface area (Å²) in [5.41, 5.74) is 1.53. The molecule has 0 aliphatic rings. The first-order valence-electron chi connectivity index (χ1n) is 9.49. The summed E-state index contributed by atoms with van der Waals surface area (Å²) < 4.78 is 6.87. The van der Waals surface area contributed by atoms with Crippen LogP contribution in [0.2, 0.25) is 0 Å². The minimum absolute atomic E-state index is 0.104. The van der Waals surface area contributed by atoms with Crippen molar-refractivity contribution in [1.29, 1.82) is 0 Å². The van der Waals surface area contributed by atoms with Crippen molar-refractivity contribution in [2.24, 2.45) is 0 Å². The second kappa shape index (κ2) is 9.71. The molecule has 7 heteroatoms. The maximum absolute atomic E-state index is 13.1. The third-order valence-electron chi connectivity index (χ3n) is 4.59. The summed E-state index contributed by atoms with van der Waals surface area (Å²) in [4.78, 5) is 30.4. The molecule has 0 fully saturated rings. The molecule has 6 nitrogen and oxygen atoms in total. The summed E-state index contributed by atoms with van der Waals surface area (Å²) in [6.45, 7) is 4.56. The van der Waals surface area contributed by atoms with Crippen LogP contribution in [0.25, 0.3) is 10.9 Å². The molecule has 0 aliphatic heterocycles. The van der Waals surface area contributed by atoms with Crippen LogP contribution in [0.5, 0.6) is 0 Å². The van der Waals surface area contributed by atoms with Crippen molar-refractivity contribution in [3.05, 3.63) is 70.5 Å². The molecule has 0 saturated heterocycles. The third-order valence-corrected chi connectivity index (χ3v) is 5.65. The molecule has 1 N–H and O–H groups in total. The number of carbonyl (C=O) groups excluding carboxylic acids is 1. The minimum atomic E-state index is -0.409. The summed E-state index contributed by atoms with van der Waals surface area (Å²) in [5.74, 6) is -0.104. The summed E-state index contributed by atoms with van der Waals surface area (Å²) in [7, 11) is 1.60. The standard InChI is InChI=1S/C22H25N3O3S/c1-15(14-28-3)25-21(27)18-11-7-8-12-19(18)24-22(25)29-16(2)20(26)23-13-17-9-5-4-6-10-17/h4-12,15-16H,13-14H2,1-3H3,(H,23,26). The van der Waals surface area contributed by atoms with Gasteiger partial charge in [0, 0.05) is 13.7 Å². The molecule has 1 heterocycles. The van der Waals surface area contributed by atoms with Gasteiger partial charge in [-0.1, -0.05) is 54.2 Å². The maximum Gasteiger partial charge on any atom is 0.262 e. The Bertz CT molecular complexity index is 1040. The van der Waals surface area contributed by atoms with E-state index >= 15 is 0 Å². The number of carbonyl (C=O) groups is 1. The highest BCUT2D eigenvalue weighted by Crippen LogP contribution is 2.25. The summed E-state index contributed by atoms with van der Waals surface area (Å²) in [6.07, 6.45) is 0. The molecule has 0 aliphatic carbocycles. The number of thioether (sulfide) groups is 1. The summed E-state index contributed by atoms with van der Waals surface area (Å²) in [6, 6.07) is 16.8. The number of nitrogens with one attached hydrogen (secondary N) is 1. The zero-order chi connectivity index (χ0) is 20.8. The molecule has 1 amide bonds. The van der Waals surface area contributed by atoms with Crippen molar-refractivity contribution < 1.29 is 9.53 Å². The molecule has 3 rings (SSSR count). The van der Waals surface area contributed by atoms with E-state index in [2.05, 4.69) is 10.3 Å². The fourth-order valence-corrected chi connectivity index (χ4v) is 4.09. The molecule has 0 radical (unpaired) electrons. The molecule has 152 valence electrons. The Morgan fingerprint density at radius 1 is 1.14 bits per heavy atom. The summed E-state index contributed by atoms with van der Waals surface area (Å²) >= 11 is 1.28. The zero-order valence-electron chi connectivity index (χ0n) is 16.8. The van der Waals surface area contributed by atoms with Gasteiger partial charge in [0.25, 0.3) is 5.56 Å². The van der Waals surface area contributed by atoms with Gasteiger partial charge in [-0.05, 0) is 31.5 Å². The van der Waals surface area contributed by atoms with E-state index in [9.17, 15) is 9.59 Å². The monoisotopic (exact) mass is 411 g/mol. The number of methoxy groups -OCH3 is 1. The van der Waals surface area contributed by atoms with Crippen LogP contribution in [0.1, 0.15) is 25.5 Å². The third kappa shape index (κ3) is 5.05. The lowest BCUT2D eigenvalue weighted by Crippen LogP contribution is -2.33. The molecule has 1 aromatic heterocycles. The first-order chi connectivity index (χ1) is 14.0. The number of hydrogen-bond donors (Lipinski definition) is 1. The normalized spacial score (nSPS) is 13.2. The Balaban J connectivity index is 1.84. The average molecular weight is 412 g/mol. The number of amides is 1. The van der Waals surface area contributed by atoms with Gasteiger partial charge in [-0.25, -0.2) is 4.98 Å². The zero-order valence-corrected chi connectivity index (χ0v) is 17.6. The molecule has 2 atom stereocenters. The van der Waals surface area contributed by atoms with E-state index in [4.69, 9.17) is 4.74 Å². The maximum atomic E-state index is 13.1. The van der Waals surface area contributed by atoms with Gasteiger partial charge >= 0.3 is 0 Å². The van der Waals surface area contributed by atoms with Gasteiger partial charge in [-0.3, -0.25) is 14.2 Å². The Hall–Kier alpha value is -2.64. The second-order valence-corrected chi connectivity index (χ2v) is 8.16. The fraction of sp³-hybridized carbons (Fsp3) is 0.318. The van der Waals surface area contributed by atoms with E-state index in [0.717, 1.165) is 5.56 Å². The number of ether oxygens (including phenoxy) is 1. The molecule has 0 saturated carbocycles. The van der Waals surface area contributed by atoms with Gasteiger partial charge in [0.1, 0.15) is 0 Å². The molecule has 0 spiro atoms. The number of fused-ring (bicyclic) bond motifs is 1. The van der Waals surface area contributed by atoms with Crippen molar-refractivity contribution in [1.82, 2.24) is 14.9 Å². The molecular formula is C22H25N3O3S. The van der Waals surface area contributed by atoms with E-state index in [-0.39, 0.29) is 17.5 Å². The number of para-hydroxylation sites is 1. The van der Waals surface area contributed by atoms with Crippen LogP contribution in [0, 0.1) is 0 Å². The quantitative estimate of drug-likeness (QED) is 0.454. The van der Waals surface area contributed by atoms with E-state index < -0.39 is 5.25 Å². The Morgan fingerprint density at radius 2 is 1.83 bits per heavy atom. The first-order valence-corrected chi connectivity index (χ1v) is 10.4. The van der Waals surface area contributed by atoms with Crippen LogP contribution in [0.3, 0.4) is 0 Å². The van der Waals surface area contributed by atoms with E-state index in [1.165, 1.54) is 11.8 Å². The SMILES string of the molecule is COCC(C)n1c(SC(C)C(=O)NCc2ccccc2)nc2ccccc2c1=O.